The summed E-state index contributed by atoms with van der Waals surface area (Å²) in [5, 5.41) is 10.7. The maximum absolute atomic E-state index is 12.4. The van der Waals surface area contributed by atoms with Gasteiger partial charge in [0.25, 0.3) is 5.69 Å². The van der Waals surface area contributed by atoms with Crippen LogP contribution in [0.3, 0.4) is 0 Å². The van der Waals surface area contributed by atoms with Gasteiger partial charge in [0.15, 0.2) is 5.78 Å². The van der Waals surface area contributed by atoms with Crippen LogP contribution in [0.1, 0.15) is 36.5 Å². The monoisotopic (exact) mass is 298 g/mol. The van der Waals surface area contributed by atoms with E-state index in [1.807, 2.05) is 6.92 Å². The predicted molar refractivity (Wildman–Crippen MR) is 79.6 cm³/mol. The van der Waals surface area contributed by atoms with E-state index in [1.54, 1.807) is 12.1 Å². The summed E-state index contributed by atoms with van der Waals surface area (Å²) in [6.45, 7) is 3.75. The van der Waals surface area contributed by atoms with Gasteiger partial charge in [0.2, 0.25) is 0 Å². The van der Waals surface area contributed by atoms with Crippen molar-refractivity contribution < 1.29 is 9.72 Å². The largest absolute Gasteiger partial charge is 0.294 e. The molecule has 2 rings (SSSR count). The highest BCUT2D eigenvalue weighted by Crippen LogP contribution is 2.18. The standard InChI is InChI=1S/C14H18N2O3.ClH/c1-11(15-8-3-2-4-9-15)14(17)12-6-5-7-13(10-12)16(18)19;/h5-7,10-11H,2-4,8-9H2,1H3;1H. The minimum absolute atomic E-state index is 0. The fourth-order valence-electron chi connectivity index (χ4n) is 2.49. The molecule has 1 aliphatic rings. The number of piperidine rings is 1. The van der Waals surface area contributed by atoms with Crippen molar-refractivity contribution in [2.75, 3.05) is 13.1 Å². The van der Waals surface area contributed by atoms with Crippen molar-refractivity contribution in [2.24, 2.45) is 0 Å². The first-order valence-electron chi connectivity index (χ1n) is 6.62. The first kappa shape index (κ1) is 16.6. The van der Waals surface area contributed by atoms with Crippen molar-refractivity contribution in [3.63, 3.8) is 0 Å². The number of hydrogen-bond acceptors (Lipinski definition) is 4. The molecule has 6 heteroatoms. The molecule has 1 atom stereocenters. The van der Waals surface area contributed by atoms with E-state index in [1.165, 1.54) is 18.6 Å². The number of likely N-dealkylation sites (tertiary alicyclic amines) is 1. The number of ketones is 1. The molecule has 20 heavy (non-hydrogen) atoms. The third kappa shape index (κ3) is 3.77. The fourth-order valence-corrected chi connectivity index (χ4v) is 2.49. The van der Waals surface area contributed by atoms with Gasteiger partial charge in [-0.3, -0.25) is 19.8 Å². The lowest BCUT2D eigenvalue weighted by Gasteiger charge is -2.31. The van der Waals surface area contributed by atoms with Gasteiger partial charge in [0, 0.05) is 17.7 Å². The Balaban J connectivity index is 0.00000200. The first-order chi connectivity index (χ1) is 9.09. The van der Waals surface area contributed by atoms with Crippen LogP contribution in [0.4, 0.5) is 5.69 Å². The quantitative estimate of drug-likeness (QED) is 0.487. The molecule has 0 radical (unpaired) electrons. The molecule has 1 saturated heterocycles. The molecule has 0 aliphatic carbocycles. The fraction of sp³-hybridized carbons (Fsp3) is 0.500. The highest BCUT2D eigenvalue weighted by molar-refractivity contribution is 6.00. The summed E-state index contributed by atoms with van der Waals surface area (Å²) in [6.07, 6.45) is 3.45. The van der Waals surface area contributed by atoms with Crippen LogP contribution in [0.15, 0.2) is 24.3 Å². The van der Waals surface area contributed by atoms with Gasteiger partial charge in [-0.2, -0.15) is 0 Å². The summed E-state index contributed by atoms with van der Waals surface area (Å²) >= 11 is 0. The van der Waals surface area contributed by atoms with Crippen LogP contribution in [0, 0.1) is 10.1 Å². The summed E-state index contributed by atoms with van der Waals surface area (Å²) in [5.74, 6) is -0.0365. The number of carbonyl (C=O) groups is 1. The lowest BCUT2D eigenvalue weighted by Crippen LogP contribution is -2.42. The number of hydrogen-bond donors (Lipinski definition) is 0. The molecule has 0 spiro atoms. The zero-order valence-electron chi connectivity index (χ0n) is 11.4. The molecule has 110 valence electrons. The van der Waals surface area contributed by atoms with Crippen molar-refractivity contribution in [3.05, 3.63) is 39.9 Å². The second kappa shape index (κ2) is 7.36. The summed E-state index contributed by atoms with van der Waals surface area (Å²) in [7, 11) is 0. The number of nitro benzene ring substituents is 1. The molecule has 1 aromatic carbocycles. The van der Waals surface area contributed by atoms with Crippen LogP contribution in [-0.4, -0.2) is 34.7 Å². The molecule has 1 unspecified atom stereocenters. The van der Waals surface area contributed by atoms with Crippen LogP contribution >= 0.6 is 12.4 Å². The maximum atomic E-state index is 12.4. The molecular formula is C14H19ClN2O3. The molecule has 0 saturated carbocycles. The SMILES string of the molecule is CC(C(=O)c1cccc([N+](=O)[O-])c1)N1CCCCC1.Cl. The second-order valence-corrected chi connectivity index (χ2v) is 4.94. The summed E-state index contributed by atoms with van der Waals surface area (Å²) in [4.78, 5) is 24.8. The lowest BCUT2D eigenvalue weighted by molar-refractivity contribution is -0.384. The van der Waals surface area contributed by atoms with Crippen LogP contribution in [0.5, 0.6) is 0 Å². The van der Waals surface area contributed by atoms with Gasteiger partial charge in [-0.1, -0.05) is 18.6 Å². The smallest absolute Gasteiger partial charge is 0.270 e. The number of benzene rings is 1. The van der Waals surface area contributed by atoms with Crippen LogP contribution in [0.2, 0.25) is 0 Å². The van der Waals surface area contributed by atoms with Crippen LogP contribution < -0.4 is 0 Å². The highest BCUT2D eigenvalue weighted by atomic mass is 35.5. The van der Waals surface area contributed by atoms with Crippen molar-refractivity contribution in [1.29, 1.82) is 0 Å². The summed E-state index contributed by atoms with van der Waals surface area (Å²) < 4.78 is 0. The average Bonchev–Trinajstić information content (AvgIpc) is 2.46. The molecule has 1 fully saturated rings. The Labute approximate surface area is 124 Å². The number of Topliss-reactive ketones (excluding diaryl/α,β-unsaturated/α-hetero) is 1. The Morgan fingerprint density at radius 1 is 1.30 bits per heavy atom. The van der Waals surface area contributed by atoms with Gasteiger partial charge in [0.05, 0.1) is 11.0 Å². The Bertz CT molecular complexity index is 487. The molecule has 1 heterocycles. The molecule has 0 aromatic heterocycles. The van der Waals surface area contributed by atoms with E-state index < -0.39 is 4.92 Å². The van der Waals surface area contributed by atoms with Crippen LogP contribution in [0.25, 0.3) is 0 Å². The Kier molecular flexibility index (Phi) is 6.10. The topological polar surface area (TPSA) is 63.4 Å². The minimum Gasteiger partial charge on any atom is -0.294 e. The van der Waals surface area contributed by atoms with Crippen LogP contribution in [-0.2, 0) is 0 Å². The van der Waals surface area contributed by atoms with E-state index in [-0.39, 0.29) is 29.9 Å². The average molecular weight is 299 g/mol. The lowest BCUT2D eigenvalue weighted by atomic mass is 10.0. The van der Waals surface area contributed by atoms with E-state index in [4.69, 9.17) is 0 Å². The number of carbonyl (C=O) groups excluding carboxylic acids is 1. The molecule has 5 nitrogen and oxygen atoms in total. The molecule has 0 bridgehead atoms. The van der Waals surface area contributed by atoms with E-state index in [0.29, 0.717) is 5.56 Å². The highest BCUT2D eigenvalue weighted by Gasteiger charge is 2.24. The van der Waals surface area contributed by atoms with E-state index in [0.717, 1.165) is 25.9 Å². The van der Waals surface area contributed by atoms with Crippen molar-refractivity contribution in [3.8, 4) is 0 Å². The zero-order valence-corrected chi connectivity index (χ0v) is 12.3. The first-order valence-corrected chi connectivity index (χ1v) is 6.62. The third-order valence-corrected chi connectivity index (χ3v) is 3.66. The normalized spacial score (nSPS) is 17.1. The van der Waals surface area contributed by atoms with E-state index >= 15 is 0 Å². The number of rotatable bonds is 4. The molecule has 1 aliphatic heterocycles. The van der Waals surface area contributed by atoms with Gasteiger partial charge in [0.1, 0.15) is 0 Å². The number of non-ortho nitro benzene ring substituents is 1. The number of nitro groups is 1. The molecule has 0 amide bonds. The Morgan fingerprint density at radius 2 is 1.95 bits per heavy atom. The molecule has 0 N–H and O–H groups in total. The molecular weight excluding hydrogens is 280 g/mol. The Morgan fingerprint density at radius 3 is 2.55 bits per heavy atom. The minimum atomic E-state index is -0.470. The number of halogens is 1. The third-order valence-electron chi connectivity index (χ3n) is 3.66. The van der Waals surface area contributed by atoms with Gasteiger partial charge in [-0.15, -0.1) is 12.4 Å². The van der Waals surface area contributed by atoms with Gasteiger partial charge < -0.3 is 0 Å². The van der Waals surface area contributed by atoms with Crippen molar-refractivity contribution in [2.45, 2.75) is 32.2 Å². The van der Waals surface area contributed by atoms with E-state index in [2.05, 4.69) is 4.90 Å². The zero-order chi connectivity index (χ0) is 13.8. The Hall–Kier alpha value is -1.46. The molecule has 1 aromatic rings. The van der Waals surface area contributed by atoms with Gasteiger partial charge in [-0.25, -0.2) is 0 Å². The predicted octanol–water partition coefficient (Wildman–Crippen LogP) is 3.07. The summed E-state index contributed by atoms with van der Waals surface area (Å²) in [6, 6.07) is 5.78. The van der Waals surface area contributed by atoms with E-state index in [9.17, 15) is 14.9 Å². The number of nitrogens with zero attached hydrogens (tertiary/aromatic N) is 2. The van der Waals surface area contributed by atoms with Gasteiger partial charge in [-0.05, 0) is 32.9 Å². The summed E-state index contributed by atoms with van der Waals surface area (Å²) in [5.41, 5.74) is 0.393. The maximum Gasteiger partial charge on any atom is 0.270 e. The van der Waals surface area contributed by atoms with Crippen molar-refractivity contribution in [1.82, 2.24) is 4.90 Å². The van der Waals surface area contributed by atoms with Gasteiger partial charge >= 0.3 is 0 Å². The second-order valence-electron chi connectivity index (χ2n) is 4.94. The van der Waals surface area contributed by atoms with Crippen molar-refractivity contribution >= 4 is 23.9 Å².